The van der Waals surface area contributed by atoms with Gasteiger partial charge in [0.15, 0.2) is 12.4 Å². The molecular formula is C17H15N3O2S. The molecule has 2 aromatic heterocycles. The summed E-state index contributed by atoms with van der Waals surface area (Å²) in [5, 5.41) is 12.1. The van der Waals surface area contributed by atoms with Crippen molar-refractivity contribution in [3.05, 3.63) is 64.6 Å². The standard InChI is InChI=1S/C17H15N3O2S/c21-17(12-7-10-19(22)11-8-12)20-9-3-5-14(20)16-18-13-4-1-2-6-15(13)23-16/h1-2,4,6-8,10-11,14H,3,5,9H2. The van der Waals surface area contributed by atoms with E-state index < -0.39 is 0 Å². The van der Waals surface area contributed by atoms with Gasteiger partial charge in [-0.25, -0.2) is 4.98 Å². The normalized spacial score (nSPS) is 17.7. The molecule has 116 valence electrons. The van der Waals surface area contributed by atoms with Crippen molar-refractivity contribution >= 4 is 27.5 Å². The Morgan fingerprint density at radius 1 is 1.26 bits per heavy atom. The quantitative estimate of drug-likeness (QED) is 0.538. The van der Waals surface area contributed by atoms with Crippen LogP contribution in [0.25, 0.3) is 10.2 Å². The van der Waals surface area contributed by atoms with Crippen LogP contribution in [0.4, 0.5) is 0 Å². The van der Waals surface area contributed by atoms with Crippen molar-refractivity contribution in [1.82, 2.24) is 9.88 Å². The summed E-state index contributed by atoms with van der Waals surface area (Å²) >= 11 is 1.65. The van der Waals surface area contributed by atoms with Crippen LogP contribution in [-0.2, 0) is 0 Å². The van der Waals surface area contributed by atoms with Gasteiger partial charge in [-0.15, -0.1) is 11.3 Å². The van der Waals surface area contributed by atoms with Gasteiger partial charge in [-0.2, -0.15) is 4.73 Å². The maximum atomic E-state index is 12.7. The molecule has 1 aliphatic rings. The first-order valence-corrected chi connectivity index (χ1v) is 8.39. The molecule has 5 nitrogen and oxygen atoms in total. The molecular weight excluding hydrogens is 310 g/mol. The Labute approximate surface area is 137 Å². The van der Waals surface area contributed by atoms with Crippen molar-refractivity contribution in [3.8, 4) is 0 Å². The highest BCUT2D eigenvalue weighted by Gasteiger charge is 2.32. The van der Waals surface area contributed by atoms with E-state index in [9.17, 15) is 10.0 Å². The Balaban J connectivity index is 1.65. The number of benzene rings is 1. The van der Waals surface area contributed by atoms with Crippen molar-refractivity contribution in [3.63, 3.8) is 0 Å². The molecule has 1 amide bonds. The van der Waals surface area contributed by atoms with Gasteiger partial charge >= 0.3 is 0 Å². The summed E-state index contributed by atoms with van der Waals surface area (Å²) in [5.41, 5.74) is 1.53. The van der Waals surface area contributed by atoms with Crippen LogP contribution in [0.1, 0.15) is 34.2 Å². The fourth-order valence-corrected chi connectivity index (χ4v) is 4.14. The number of thiazole rings is 1. The fourth-order valence-electron chi connectivity index (χ4n) is 3.02. The molecule has 0 aliphatic carbocycles. The molecule has 1 fully saturated rings. The first kappa shape index (κ1) is 14.1. The first-order valence-electron chi connectivity index (χ1n) is 7.57. The molecule has 1 aromatic carbocycles. The van der Waals surface area contributed by atoms with Crippen LogP contribution >= 0.6 is 11.3 Å². The van der Waals surface area contributed by atoms with Gasteiger partial charge in [0.25, 0.3) is 5.91 Å². The minimum Gasteiger partial charge on any atom is -0.619 e. The molecule has 0 saturated carbocycles. The van der Waals surface area contributed by atoms with E-state index in [1.54, 1.807) is 23.5 Å². The average molecular weight is 325 g/mol. The second-order valence-electron chi connectivity index (χ2n) is 5.62. The van der Waals surface area contributed by atoms with Gasteiger partial charge < -0.3 is 10.1 Å². The number of likely N-dealkylation sites (tertiary alicyclic amines) is 1. The number of hydrogen-bond donors (Lipinski definition) is 0. The Bertz CT molecular complexity index is 827. The van der Waals surface area contributed by atoms with Gasteiger partial charge in [-0.1, -0.05) is 12.1 Å². The van der Waals surface area contributed by atoms with E-state index in [4.69, 9.17) is 4.98 Å². The molecule has 0 N–H and O–H groups in total. The minimum atomic E-state index is -0.0349. The molecule has 0 radical (unpaired) electrons. The molecule has 23 heavy (non-hydrogen) atoms. The van der Waals surface area contributed by atoms with Crippen LogP contribution in [0.2, 0.25) is 0 Å². The Kier molecular flexibility index (Phi) is 3.46. The van der Waals surface area contributed by atoms with E-state index in [1.165, 1.54) is 12.4 Å². The fraction of sp³-hybridized carbons (Fsp3) is 0.235. The second kappa shape index (κ2) is 5.62. The zero-order valence-electron chi connectivity index (χ0n) is 12.4. The number of carbonyl (C=O) groups is 1. The Morgan fingerprint density at radius 3 is 2.83 bits per heavy atom. The van der Waals surface area contributed by atoms with E-state index in [-0.39, 0.29) is 11.9 Å². The lowest BCUT2D eigenvalue weighted by Gasteiger charge is -2.22. The Hall–Kier alpha value is -2.47. The summed E-state index contributed by atoms with van der Waals surface area (Å²) < 4.78 is 1.83. The summed E-state index contributed by atoms with van der Waals surface area (Å²) in [4.78, 5) is 19.3. The van der Waals surface area contributed by atoms with E-state index in [1.807, 2.05) is 23.1 Å². The molecule has 1 unspecified atom stereocenters. The van der Waals surface area contributed by atoms with Crippen molar-refractivity contribution in [1.29, 1.82) is 0 Å². The SMILES string of the molecule is O=C(c1cc[n+]([O-])cc1)N1CCCC1c1nc2ccccc2s1. The number of para-hydroxylation sites is 1. The summed E-state index contributed by atoms with van der Waals surface area (Å²) in [7, 11) is 0. The van der Waals surface area contributed by atoms with Gasteiger partial charge in [-0.05, 0) is 25.0 Å². The molecule has 6 heteroatoms. The van der Waals surface area contributed by atoms with Crippen LogP contribution in [0.5, 0.6) is 0 Å². The maximum Gasteiger partial charge on any atom is 0.254 e. The minimum absolute atomic E-state index is 0.0273. The summed E-state index contributed by atoms with van der Waals surface area (Å²) in [6.07, 6.45) is 4.62. The monoisotopic (exact) mass is 325 g/mol. The summed E-state index contributed by atoms with van der Waals surface area (Å²) in [6, 6.07) is 11.2. The van der Waals surface area contributed by atoms with E-state index in [0.29, 0.717) is 10.3 Å². The van der Waals surface area contributed by atoms with E-state index in [2.05, 4.69) is 6.07 Å². The average Bonchev–Trinajstić information content (AvgIpc) is 3.21. The number of amides is 1. The van der Waals surface area contributed by atoms with Crippen LogP contribution in [0.15, 0.2) is 48.8 Å². The number of aromatic nitrogens is 2. The highest BCUT2D eigenvalue weighted by Crippen LogP contribution is 2.37. The molecule has 0 spiro atoms. The van der Waals surface area contributed by atoms with Gasteiger partial charge in [0.2, 0.25) is 0 Å². The number of fused-ring (bicyclic) bond motifs is 1. The predicted molar refractivity (Wildman–Crippen MR) is 88.0 cm³/mol. The molecule has 0 bridgehead atoms. The zero-order chi connectivity index (χ0) is 15.8. The van der Waals surface area contributed by atoms with Gasteiger partial charge in [-0.3, -0.25) is 4.79 Å². The van der Waals surface area contributed by atoms with Crippen LogP contribution in [0, 0.1) is 5.21 Å². The third-order valence-corrected chi connectivity index (χ3v) is 5.30. The molecule has 1 aliphatic heterocycles. The van der Waals surface area contributed by atoms with Crippen molar-refractivity contribution in [2.75, 3.05) is 6.54 Å². The molecule has 3 aromatic rings. The third kappa shape index (κ3) is 2.55. The second-order valence-corrected chi connectivity index (χ2v) is 6.69. The predicted octanol–water partition coefficient (Wildman–Crippen LogP) is 2.91. The van der Waals surface area contributed by atoms with Crippen molar-refractivity contribution in [2.45, 2.75) is 18.9 Å². The number of hydrogen-bond acceptors (Lipinski definition) is 4. The zero-order valence-corrected chi connectivity index (χ0v) is 13.2. The number of carbonyl (C=O) groups excluding carboxylic acids is 1. The summed E-state index contributed by atoms with van der Waals surface area (Å²) in [6.45, 7) is 0.728. The highest BCUT2D eigenvalue weighted by molar-refractivity contribution is 7.18. The van der Waals surface area contributed by atoms with E-state index in [0.717, 1.165) is 34.6 Å². The van der Waals surface area contributed by atoms with Crippen molar-refractivity contribution < 1.29 is 9.52 Å². The van der Waals surface area contributed by atoms with Crippen LogP contribution in [0.3, 0.4) is 0 Å². The lowest BCUT2D eigenvalue weighted by Crippen LogP contribution is -2.32. The largest absolute Gasteiger partial charge is 0.619 e. The number of nitrogens with zero attached hydrogens (tertiary/aromatic N) is 3. The highest BCUT2D eigenvalue weighted by atomic mass is 32.1. The van der Waals surface area contributed by atoms with Gasteiger partial charge in [0.05, 0.1) is 21.8 Å². The lowest BCUT2D eigenvalue weighted by molar-refractivity contribution is -0.605. The van der Waals surface area contributed by atoms with Crippen molar-refractivity contribution in [2.24, 2.45) is 0 Å². The van der Waals surface area contributed by atoms with Crippen LogP contribution < -0.4 is 4.73 Å². The Morgan fingerprint density at radius 2 is 2.04 bits per heavy atom. The third-order valence-electron chi connectivity index (χ3n) is 4.16. The molecule has 1 saturated heterocycles. The first-order chi connectivity index (χ1) is 11.2. The smallest absolute Gasteiger partial charge is 0.254 e. The lowest BCUT2D eigenvalue weighted by atomic mass is 10.2. The van der Waals surface area contributed by atoms with E-state index >= 15 is 0 Å². The number of pyridine rings is 1. The molecule has 4 rings (SSSR count). The molecule has 1 atom stereocenters. The maximum absolute atomic E-state index is 12.7. The van der Waals surface area contributed by atoms with Crippen LogP contribution in [-0.4, -0.2) is 22.3 Å². The number of rotatable bonds is 2. The molecule has 3 heterocycles. The van der Waals surface area contributed by atoms with Gasteiger partial charge in [0.1, 0.15) is 5.01 Å². The summed E-state index contributed by atoms with van der Waals surface area (Å²) in [5.74, 6) is -0.0349. The topological polar surface area (TPSA) is 60.1 Å². The van der Waals surface area contributed by atoms with Gasteiger partial charge in [0, 0.05) is 18.7 Å².